The van der Waals surface area contributed by atoms with Gasteiger partial charge in [0.1, 0.15) is 53.2 Å². The van der Waals surface area contributed by atoms with Gasteiger partial charge in [0.2, 0.25) is 11.8 Å². The largest absolute Gasteiger partial charge is 1.00 e. The molecule has 0 unspecified atom stereocenters. The summed E-state index contributed by atoms with van der Waals surface area (Å²) in [6.45, 7) is 11.4. The first kappa shape index (κ1) is 73.2. The SMILES string of the molecule is COc1cc(Cn2c3ccccc3c3c(OC(C)(C)C(=O)O)cccc32)ccc1OCc1nc(-c2ccccc2)oc1C.COc1cc(Cn2c3ccccc3c3c(OC(C)(C)C(=O)[O-])cccc32)ccc1OCc1nc(-c2ccccc2)oc1C.O.O.[Na+].[Pr].[Pr]. The van der Waals surface area contributed by atoms with E-state index in [0.29, 0.717) is 70.9 Å². The smallest absolute Gasteiger partial charge is 0.546 e. The van der Waals surface area contributed by atoms with E-state index in [2.05, 4.69) is 25.2 Å². The first-order valence-electron chi connectivity index (χ1n) is 28.0. The van der Waals surface area contributed by atoms with Gasteiger partial charge in [0.05, 0.1) is 31.2 Å². The molecule has 0 aliphatic rings. The zero-order valence-corrected chi connectivity index (χ0v) is 61.4. The average molecular weight is 1490 g/mol. The van der Waals surface area contributed by atoms with Gasteiger partial charge in [-0.05, 0) is 138 Å². The molecular weight excluding hydrogens is 1430 g/mol. The van der Waals surface area contributed by atoms with Gasteiger partial charge in [-0.3, -0.25) is 0 Å². The first-order chi connectivity index (χ1) is 41.5. The van der Waals surface area contributed by atoms with Gasteiger partial charge in [-0.2, -0.15) is 0 Å². The second-order valence-electron chi connectivity index (χ2n) is 21.6. The number of benzene rings is 8. The van der Waals surface area contributed by atoms with Crippen LogP contribution in [0.4, 0.5) is 0 Å². The molecule has 4 aromatic heterocycles. The molecule has 8 aromatic carbocycles. The van der Waals surface area contributed by atoms with Crippen LogP contribution in [0.1, 0.15) is 61.7 Å². The minimum absolute atomic E-state index is 0. The summed E-state index contributed by atoms with van der Waals surface area (Å²) in [5.74, 6) is 3.63. The third kappa shape index (κ3) is 16.0. The molecule has 458 valence electrons. The number of oxazole rings is 2. The number of ether oxygens (including phenoxy) is 6. The summed E-state index contributed by atoms with van der Waals surface area (Å²) in [4.78, 5) is 32.8. The van der Waals surface area contributed by atoms with Gasteiger partial charge in [0.25, 0.3) is 0 Å². The number of aryl methyl sites for hydroxylation is 2. The molecule has 0 atom stereocenters. The van der Waals surface area contributed by atoms with Crippen LogP contribution >= 0.6 is 0 Å². The summed E-state index contributed by atoms with van der Waals surface area (Å²) >= 11 is 0. The Balaban J connectivity index is 0.000000274. The second kappa shape index (κ2) is 31.7. The molecule has 0 bridgehead atoms. The van der Waals surface area contributed by atoms with Gasteiger partial charge in [-0.25, -0.2) is 14.8 Å². The van der Waals surface area contributed by atoms with Gasteiger partial charge in [-0.1, -0.05) is 97.1 Å². The van der Waals surface area contributed by atoms with E-state index in [4.69, 9.17) is 37.3 Å². The molecule has 21 heteroatoms. The monoisotopic (exact) mass is 1490 g/mol. The number of aromatic nitrogens is 4. The van der Waals surface area contributed by atoms with Crippen molar-refractivity contribution in [2.45, 2.75) is 79.0 Å². The van der Waals surface area contributed by atoms with Crippen LogP contribution in [0.25, 0.3) is 66.5 Å². The van der Waals surface area contributed by atoms with Crippen molar-refractivity contribution in [3.8, 4) is 57.4 Å². The third-order valence-corrected chi connectivity index (χ3v) is 14.9. The van der Waals surface area contributed by atoms with E-state index in [0.717, 1.165) is 77.3 Å². The summed E-state index contributed by atoms with van der Waals surface area (Å²) < 4.78 is 51.8. The molecule has 0 amide bonds. The molecule has 4 heterocycles. The maximum atomic E-state index is 11.8. The summed E-state index contributed by atoms with van der Waals surface area (Å²) in [7, 11) is 3.24. The Labute approximate surface area is 614 Å². The number of carboxylic acids is 2. The van der Waals surface area contributed by atoms with Crippen LogP contribution in [-0.2, 0) is 35.9 Å². The van der Waals surface area contributed by atoms with Gasteiger partial charge < -0.3 is 72.3 Å². The Morgan fingerprint density at radius 3 is 1.25 bits per heavy atom. The number of fused-ring (bicyclic) bond motifs is 6. The topological polar surface area (TPSA) is 258 Å². The van der Waals surface area contributed by atoms with Crippen molar-refractivity contribution in [3.63, 3.8) is 0 Å². The van der Waals surface area contributed by atoms with Crippen molar-refractivity contribution in [2.24, 2.45) is 0 Å². The van der Waals surface area contributed by atoms with E-state index in [-0.39, 0.29) is 136 Å². The fourth-order valence-corrected chi connectivity index (χ4v) is 10.3. The minimum Gasteiger partial charge on any atom is -0.546 e. The molecule has 5 N–H and O–H groups in total. The molecule has 91 heavy (non-hydrogen) atoms. The average Bonchev–Trinajstić information content (AvgIpc) is 1.81. The summed E-state index contributed by atoms with van der Waals surface area (Å²) in [5.41, 5.74) is 6.25. The van der Waals surface area contributed by atoms with Gasteiger partial charge in [0, 0.05) is 139 Å². The molecule has 0 saturated heterocycles. The van der Waals surface area contributed by atoms with Crippen LogP contribution in [0, 0.1) is 96.4 Å². The number of rotatable bonds is 20. The number of hydrogen-bond acceptors (Lipinski definition) is 13. The van der Waals surface area contributed by atoms with Gasteiger partial charge in [0.15, 0.2) is 28.6 Å². The van der Waals surface area contributed by atoms with Crippen LogP contribution in [0.3, 0.4) is 0 Å². The van der Waals surface area contributed by atoms with E-state index in [9.17, 15) is 19.8 Å². The molecule has 0 spiro atoms. The van der Waals surface area contributed by atoms with Gasteiger partial charge >= 0.3 is 35.5 Å². The molecule has 2 radical (unpaired) electrons. The van der Waals surface area contributed by atoms with E-state index in [1.54, 1.807) is 34.1 Å². The zero-order valence-electron chi connectivity index (χ0n) is 52.0. The quantitative estimate of drug-likeness (QED) is 0.0698. The molecule has 0 aliphatic carbocycles. The number of carbonyl (C=O) groups excluding carboxylic acids is 1. The standard InChI is InChI=1S/2C35H32N2O6.Na.2H2O.2Pr/c2*1-22-26(36-33(42-22)24-11-6-5-7-12-24)21-41-29-18-17-23(19-31(29)40-4)20-37-27-14-9-8-13-25(27)32-28(37)15-10-16-30(32)43-35(2,3)34(38)39;;;;;/h2*5-19H,20-21H2,1-4H3,(H,38,39);;2*1H2;;/q;;+1;;;;/p-1. The van der Waals surface area contributed by atoms with E-state index in [1.165, 1.54) is 13.8 Å². The maximum absolute atomic E-state index is 11.8. The van der Waals surface area contributed by atoms with Crippen molar-refractivity contribution >= 4 is 55.6 Å². The van der Waals surface area contributed by atoms with Crippen LogP contribution < -0.4 is 63.1 Å². The normalized spacial score (nSPS) is 11.0. The van der Waals surface area contributed by atoms with Crippen molar-refractivity contribution in [3.05, 3.63) is 216 Å². The summed E-state index contributed by atoms with van der Waals surface area (Å²) in [6.07, 6.45) is 0. The number of methoxy groups -OCH3 is 2. The number of carboxylic acid groups (broad SMARTS) is 2. The number of para-hydroxylation sites is 2. The number of carbonyl (C=O) groups is 2. The Morgan fingerprint density at radius 2 is 0.868 bits per heavy atom. The Kier molecular flexibility index (Phi) is 25.5. The number of aliphatic carboxylic acids is 2. The predicted octanol–water partition coefficient (Wildman–Crippen LogP) is 9.29. The molecule has 12 aromatic rings. The Hall–Kier alpha value is -6.83. The Morgan fingerprint density at radius 1 is 0.495 bits per heavy atom. The van der Waals surface area contributed by atoms with Crippen molar-refractivity contribution in [1.29, 1.82) is 0 Å². The molecule has 0 fully saturated rings. The van der Waals surface area contributed by atoms with Crippen molar-refractivity contribution in [1.82, 2.24) is 19.1 Å². The van der Waals surface area contributed by atoms with E-state index in [1.807, 2.05) is 184 Å². The molecule has 12 rings (SSSR count). The van der Waals surface area contributed by atoms with Crippen molar-refractivity contribution in [2.75, 3.05) is 14.2 Å². The maximum Gasteiger partial charge on any atom is 1.00 e. The van der Waals surface area contributed by atoms with Gasteiger partial charge in [-0.15, -0.1) is 0 Å². The predicted molar refractivity (Wildman–Crippen MR) is 334 cm³/mol. The van der Waals surface area contributed by atoms with Crippen LogP contribution in [0.15, 0.2) is 191 Å². The minimum atomic E-state index is -1.49. The van der Waals surface area contributed by atoms with E-state index >= 15 is 0 Å². The Bertz CT molecular complexity index is 4180. The number of nitrogens with zero attached hydrogens (tertiary/aromatic N) is 4. The van der Waals surface area contributed by atoms with Crippen LogP contribution in [0.2, 0.25) is 0 Å². The van der Waals surface area contributed by atoms with Crippen molar-refractivity contribution < 1.29 is 180 Å². The van der Waals surface area contributed by atoms with Crippen LogP contribution in [-0.4, -0.2) is 72.5 Å². The van der Waals surface area contributed by atoms with E-state index < -0.39 is 23.1 Å². The number of hydrogen-bond donors (Lipinski definition) is 1. The molecular formula is C70H67N4NaO14Pr2. The zero-order chi connectivity index (χ0) is 60.3. The molecule has 0 aliphatic heterocycles. The fraction of sp³-hybridized carbons (Fsp3) is 0.200. The van der Waals surface area contributed by atoms with Crippen LogP contribution in [0.5, 0.6) is 34.5 Å². The first-order valence-corrected chi connectivity index (χ1v) is 28.0. The second-order valence-corrected chi connectivity index (χ2v) is 21.6. The molecule has 0 saturated carbocycles. The summed E-state index contributed by atoms with van der Waals surface area (Å²) in [5, 5.41) is 25.0. The fourth-order valence-electron chi connectivity index (χ4n) is 10.3. The summed E-state index contributed by atoms with van der Waals surface area (Å²) in [6, 6.07) is 58.7. The third-order valence-electron chi connectivity index (χ3n) is 14.9. The molecule has 18 nitrogen and oxygen atoms in total.